The molecule has 0 aromatic heterocycles. The van der Waals surface area contributed by atoms with E-state index < -0.39 is 0 Å². The number of carbonyl (C=O) groups is 2. The maximum absolute atomic E-state index is 12.4. The van der Waals surface area contributed by atoms with Gasteiger partial charge in [0.2, 0.25) is 11.8 Å². The van der Waals surface area contributed by atoms with Crippen molar-refractivity contribution in [1.82, 2.24) is 15.5 Å². The van der Waals surface area contributed by atoms with E-state index in [0.717, 1.165) is 38.8 Å². The number of nitrogens with one attached hydrogen (secondary N) is 2. The minimum Gasteiger partial charge on any atom is -0.353 e. The summed E-state index contributed by atoms with van der Waals surface area (Å²) >= 11 is 0. The molecule has 2 amide bonds. The zero-order valence-electron chi connectivity index (χ0n) is 17.2. The smallest absolute Gasteiger partial charge is 0.234 e. The van der Waals surface area contributed by atoms with Gasteiger partial charge in [-0.2, -0.15) is 0 Å². The van der Waals surface area contributed by atoms with E-state index in [1.165, 1.54) is 24.8 Å². The molecule has 1 aliphatic heterocycles. The minimum absolute atomic E-state index is 0.131. The Kier molecular flexibility index (Phi) is 7.90. The highest BCUT2D eigenvalue weighted by molar-refractivity contribution is 5.78. The Hall–Kier alpha value is -1.88. The Balaban J connectivity index is 1.31. The van der Waals surface area contributed by atoms with Crippen LogP contribution in [0.25, 0.3) is 0 Å². The largest absolute Gasteiger partial charge is 0.353 e. The number of piperidine rings is 1. The highest BCUT2D eigenvalue weighted by atomic mass is 16.2. The van der Waals surface area contributed by atoms with Crippen molar-refractivity contribution in [2.24, 2.45) is 5.92 Å². The second-order valence-corrected chi connectivity index (χ2v) is 8.54. The van der Waals surface area contributed by atoms with Gasteiger partial charge in [-0.05, 0) is 43.6 Å². The number of benzene rings is 1. The SMILES string of the molecule is C[C@H]1CCCC[C@H]1NC(=O)CN1CCC(NC(=O)CCc2ccccc2)CC1. The lowest BCUT2D eigenvalue weighted by molar-refractivity contribution is -0.125. The summed E-state index contributed by atoms with van der Waals surface area (Å²) in [6, 6.07) is 10.7. The van der Waals surface area contributed by atoms with Crippen molar-refractivity contribution in [3.63, 3.8) is 0 Å². The lowest BCUT2D eigenvalue weighted by Crippen LogP contribution is -2.49. The number of carbonyl (C=O) groups excluding carboxylic acids is 2. The monoisotopic (exact) mass is 385 g/mol. The molecule has 2 atom stereocenters. The Labute approximate surface area is 169 Å². The van der Waals surface area contributed by atoms with Crippen LogP contribution >= 0.6 is 0 Å². The molecule has 5 heteroatoms. The van der Waals surface area contributed by atoms with Crippen LogP contribution in [-0.4, -0.2) is 48.4 Å². The van der Waals surface area contributed by atoms with Gasteiger partial charge in [0.15, 0.2) is 0 Å². The van der Waals surface area contributed by atoms with Crippen LogP contribution in [0.5, 0.6) is 0 Å². The van der Waals surface area contributed by atoms with E-state index in [9.17, 15) is 9.59 Å². The molecule has 0 bridgehead atoms. The van der Waals surface area contributed by atoms with Crippen LogP contribution in [-0.2, 0) is 16.0 Å². The zero-order chi connectivity index (χ0) is 19.8. The number of likely N-dealkylation sites (tertiary alicyclic amines) is 1. The first-order valence-corrected chi connectivity index (χ1v) is 10.9. The van der Waals surface area contributed by atoms with Gasteiger partial charge in [-0.15, -0.1) is 0 Å². The standard InChI is InChI=1S/C23H35N3O2/c1-18-7-5-6-10-21(18)25-23(28)17-26-15-13-20(14-16-26)24-22(27)12-11-19-8-3-2-4-9-19/h2-4,8-9,18,20-21H,5-7,10-17H2,1H3,(H,24,27)(H,25,28)/t18-,21+/m0/s1. The van der Waals surface area contributed by atoms with E-state index in [1.54, 1.807) is 0 Å². The predicted octanol–water partition coefficient (Wildman–Crippen LogP) is 2.89. The molecular weight excluding hydrogens is 350 g/mol. The van der Waals surface area contributed by atoms with Gasteiger partial charge in [-0.3, -0.25) is 14.5 Å². The third-order valence-corrected chi connectivity index (χ3v) is 6.26. The Morgan fingerprint density at radius 2 is 1.68 bits per heavy atom. The van der Waals surface area contributed by atoms with Crippen LogP contribution in [0, 0.1) is 5.92 Å². The molecule has 1 aliphatic carbocycles. The maximum Gasteiger partial charge on any atom is 0.234 e. The zero-order valence-corrected chi connectivity index (χ0v) is 17.2. The molecular formula is C23H35N3O2. The molecule has 2 fully saturated rings. The van der Waals surface area contributed by atoms with E-state index in [1.807, 2.05) is 18.2 Å². The lowest BCUT2D eigenvalue weighted by Gasteiger charge is -2.33. The Morgan fingerprint density at radius 3 is 2.39 bits per heavy atom. The maximum atomic E-state index is 12.4. The first kappa shape index (κ1) is 20.8. The molecule has 154 valence electrons. The van der Waals surface area contributed by atoms with Gasteiger partial charge in [-0.25, -0.2) is 0 Å². The minimum atomic E-state index is 0.131. The normalized spacial score (nSPS) is 23.9. The fourth-order valence-electron chi connectivity index (χ4n) is 4.42. The summed E-state index contributed by atoms with van der Waals surface area (Å²) in [6.07, 6.45) is 8.01. The molecule has 1 aromatic rings. The topological polar surface area (TPSA) is 61.4 Å². The van der Waals surface area contributed by atoms with Crippen molar-refractivity contribution in [2.45, 2.75) is 70.4 Å². The molecule has 0 unspecified atom stereocenters. The summed E-state index contributed by atoms with van der Waals surface area (Å²) in [5, 5.41) is 6.41. The fraction of sp³-hybridized carbons (Fsp3) is 0.652. The number of amides is 2. The fourth-order valence-corrected chi connectivity index (χ4v) is 4.42. The Bertz CT molecular complexity index is 626. The molecule has 5 nitrogen and oxygen atoms in total. The van der Waals surface area contributed by atoms with Crippen molar-refractivity contribution < 1.29 is 9.59 Å². The van der Waals surface area contributed by atoms with Gasteiger partial charge >= 0.3 is 0 Å². The summed E-state index contributed by atoms with van der Waals surface area (Å²) in [7, 11) is 0. The van der Waals surface area contributed by atoms with Crippen molar-refractivity contribution in [1.29, 1.82) is 0 Å². The first-order valence-electron chi connectivity index (χ1n) is 10.9. The van der Waals surface area contributed by atoms with E-state index in [-0.39, 0.29) is 17.9 Å². The number of hydrogen-bond acceptors (Lipinski definition) is 3. The average molecular weight is 386 g/mol. The average Bonchev–Trinajstić information content (AvgIpc) is 2.70. The van der Waals surface area contributed by atoms with Crippen LogP contribution in [0.4, 0.5) is 0 Å². The molecule has 1 heterocycles. The van der Waals surface area contributed by atoms with E-state index in [2.05, 4.69) is 34.6 Å². The highest BCUT2D eigenvalue weighted by Crippen LogP contribution is 2.23. The first-order chi connectivity index (χ1) is 13.6. The second kappa shape index (κ2) is 10.6. The number of hydrogen-bond donors (Lipinski definition) is 2. The highest BCUT2D eigenvalue weighted by Gasteiger charge is 2.25. The van der Waals surface area contributed by atoms with Gasteiger partial charge < -0.3 is 10.6 Å². The number of rotatable bonds is 7. The third kappa shape index (κ3) is 6.62. The molecule has 0 radical (unpaired) electrons. The number of nitrogens with zero attached hydrogens (tertiary/aromatic N) is 1. The lowest BCUT2D eigenvalue weighted by atomic mass is 9.86. The predicted molar refractivity (Wildman–Crippen MR) is 112 cm³/mol. The molecule has 1 saturated heterocycles. The van der Waals surface area contributed by atoms with Crippen LogP contribution < -0.4 is 10.6 Å². The third-order valence-electron chi connectivity index (χ3n) is 6.26. The van der Waals surface area contributed by atoms with Crippen molar-refractivity contribution in [3.05, 3.63) is 35.9 Å². The van der Waals surface area contributed by atoms with Crippen LogP contribution in [0.3, 0.4) is 0 Å². The van der Waals surface area contributed by atoms with Gasteiger partial charge in [0.25, 0.3) is 0 Å². The van der Waals surface area contributed by atoms with E-state index in [0.29, 0.717) is 24.9 Å². The van der Waals surface area contributed by atoms with Crippen molar-refractivity contribution in [3.8, 4) is 0 Å². The summed E-state index contributed by atoms with van der Waals surface area (Å²) in [5.74, 6) is 0.880. The number of aryl methyl sites for hydroxylation is 1. The molecule has 28 heavy (non-hydrogen) atoms. The van der Waals surface area contributed by atoms with Crippen molar-refractivity contribution in [2.75, 3.05) is 19.6 Å². The molecule has 1 saturated carbocycles. The quantitative estimate of drug-likeness (QED) is 0.759. The van der Waals surface area contributed by atoms with Gasteiger partial charge in [0.1, 0.15) is 0 Å². The summed E-state index contributed by atoms with van der Waals surface area (Å²) < 4.78 is 0. The van der Waals surface area contributed by atoms with E-state index in [4.69, 9.17) is 0 Å². The summed E-state index contributed by atoms with van der Waals surface area (Å²) in [6.45, 7) is 4.47. The molecule has 1 aromatic carbocycles. The van der Waals surface area contributed by atoms with Crippen molar-refractivity contribution >= 4 is 11.8 Å². The molecule has 3 rings (SSSR count). The molecule has 2 N–H and O–H groups in total. The van der Waals surface area contributed by atoms with E-state index >= 15 is 0 Å². The van der Waals surface area contributed by atoms with Crippen LogP contribution in [0.2, 0.25) is 0 Å². The molecule has 2 aliphatic rings. The summed E-state index contributed by atoms with van der Waals surface area (Å²) in [4.78, 5) is 26.8. The molecule has 0 spiro atoms. The Morgan fingerprint density at radius 1 is 0.964 bits per heavy atom. The van der Waals surface area contributed by atoms with Crippen LogP contribution in [0.15, 0.2) is 30.3 Å². The van der Waals surface area contributed by atoms with Gasteiger partial charge in [0, 0.05) is 31.6 Å². The van der Waals surface area contributed by atoms with Crippen LogP contribution in [0.1, 0.15) is 57.4 Å². The van der Waals surface area contributed by atoms with Gasteiger partial charge in [-0.1, -0.05) is 50.1 Å². The summed E-state index contributed by atoms with van der Waals surface area (Å²) in [5.41, 5.74) is 1.20. The second-order valence-electron chi connectivity index (χ2n) is 8.54. The van der Waals surface area contributed by atoms with Gasteiger partial charge in [0.05, 0.1) is 6.54 Å².